The number of thioether (sulfide) groups is 3. The fraction of sp³-hybridized carbons (Fsp3) is 0.500. The van der Waals surface area contributed by atoms with Gasteiger partial charge in [0.15, 0.2) is 6.10 Å². The molecule has 4 aliphatic heterocycles. The summed E-state index contributed by atoms with van der Waals surface area (Å²) in [7, 11) is 2.04. The summed E-state index contributed by atoms with van der Waals surface area (Å²) in [6, 6.07) is 40.5. The summed E-state index contributed by atoms with van der Waals surface area (Å²) in [4.78, 5) is 63.6. The van der Waals surface area contributed by atoms with E-state index in [2.05, 4.69) is 29.3 Å². The van der Waals surface area contributed by atoms with Gasteiger partial charge in [-0.25, -0.2) is 0 Å². The Balaban J connectivity index is 0.000000208. The van der Waals surface area contributed by atoms with Crippen LogP contribution in [0, 0.1) is 26.7 Å². The molecule has 0 aromatic heterocycles. The minimum atomic E-state index is -1.29. The van der Waals surface area contributed by atoms with Crippen LogP contribution in [-0.2, 0) is 66.9 Å². The van der Waals surface area contributed by atoms with Crippen molar-refractivity contribution in [3.8, 4) is 17.2 Å². The number of aliphatic carboxylic acids is 1. The average molecular weight is 1550 g/mol. The lowest BCUT2D eigenvalue weighted by Crippen LogP contribution is -2.59. The molecule has 0 spiro atoms. The number of likely N-dealkylation sites (N-methyl/N-ethyl adjacent to an activating group) is 1. The maximum Gasteiger partial charge on any atom is 0.303 e. The molecule has 108 heavy (non-hydrogen) atoms. The van der Waals surface area contributed by atoms with Crippen molar-refractivity contribution in [2.24, 2.45) is 5.92 Å². The molecule has 0 bridgehead atoms. The van der Waals surface area contributed by atoms with E-state index >= 15 is 0 Å². The van der Waals surface area contributed by atoms with Crippen molar-refractivity contribution < 1.29 is 98.0 Å². The number of aryl methyl sites for hydroxylation is 3. The molecule has 26 heteroatoms. The molecule has 4 aliphatic rings. The van der Waals surface area contributed by atoms with Crippen molar-refractivity contribution in [3.05, 3.63) is 194 Å². The fourth-order valence-electron chi connectivity index (χ4n) is 13.4. The van der Waals surface area contributed by atoms with Crippen LogP contribution in [0.25, 0.3) is 0 Å². The second-order valence-corrected chi connectivity index (χ2v) is 31.4. The molecule has 588 valence electrons. The van der Waals surface area contributed by atoms with E-state index in [1.165, 1.54) is 49.1 Å². The number of carbonyl (C=O) groups excluding carboxylic acids is 4. The Morgan fingerprint density at radius 1 is 0.509 bits per heavy atom. The third kappa shape index (κ3) is 23.9. The highest BCUT2D eigenvalue weighted by Gasteiger charge is 2.49. The van der Waals surface area contributed by atoms with Gasteiger partial charge in [0.1, 0.15) is 94.0 Å². The van der Waals surface area contributed by atoms with Crippen LogP contribution in [0.5, 0.6) is 17.2 Å². The average Bonchev–Trinajstić information content (AvgIpc) is 0.783. The molecule has 0 aliphatic carbocycles. The predicted octanol–water partition coefficient (Wildman–Crippen LogP) is 9.48. The van der Waals surface area contributed by atoms with Crippen LogP contribution in [0.3, 0.4) is 0 Å². The highest BCUT2D eigenvalue weighted by molar-refractivity contribution is 7.99. The van der Waals surface area contributed by atoms with Gasteiger partial charge in [0.25, 0.3) is 0 Å². The lowest BCUT2D eigenvalue weighted by Gasteiger charge is -2.44. The number of rotatable bonds is 26. The van der Waals surface area contributed by atoms with Crippen LogP contribution in [-0.4, -0.2) is 216 Å². The molecule has 0 saturated carbocycles. The lowest BCUT2D eigenvalue weighted by molar-refractivity contribution is -0.208. The van der Waals surface area contributed by atoms with Crippen LogP contribution < -0.4 is 14.8 Å². The number of nitrogens with one attached hydrogen (secondary N) is 1. The number of aliphatic hydroxyl groups is 6. The topological polar surface area (TPSA) is 330 Å². The number of hydrogen-bond acceptors (Lipinski definition) is 23. The minimum Gasteiger partial charge on any atom is -0.508 e. The first-order valence-electron chi connectivity index (χ1n) is 36.4. The monoisotopic (exact) mass is 1550 g/mol. The third-order valence-electron chi connectivity index (χ3n) is 19.8. The largest absolute Gasteiger partial charge is 0.508 e. The first kappa shape index (κ1) is 86.3. The van der Waals surface area contributed by atoms with Crippen LogP contribution in [0.4, 0.5) is 0 Å². The zero-order valence-corrected chi connectivity index (χ0v) is 66.0. The zero-order valence-electron chi connectivity index (χ0n) is 63.6. The second kappa shape index (κ2) is 40.6. The summed E-state index contributed by atoms with van der Waals surface area (Å²) < 4.78 is 40.8. The predicted molar refractivity (Wildman–Crippen MR) is 416 cm³/mol. The van der Waals surface area contributed by atoms with Gasteiger partial charge in [-0.05, 0) is 196 Å². The fourth-order valence-corrected chi connectivity index (χ4v) is 15.5. The molecule has 6 aromatic rings. The number of esters is 2. The summed E-state index contributed by atoms with van der Waals surface area (Å²) in [5, 5.41) is 83.1. The van der Waals surface area contributed by atoms with Gasteiger partial charge < -0.3 is 89.1 Å². The zero-order chi connectivity index (χ0) is 78.7. The number of aromatic hydroxyl groups is 1. The lowest BCUT2D eigenvalue weighted by atomic mass is 9.85. The Labute approximate surface area is 646 Å². The number of carboxylic acid groups (broad SMARTS) is 1. The smallest absolute Gasteiger partial charge is 0.303 e. The maximum absolute atomic E-state index is 12.9. The number of carboxylic acids is 1. The van der Waals surface area contributed by atoms with Gasteiger partial charge >= 0.3 is 17.9 Å². The van der Waals surface area contributed by atoms with E-state index in [0.717, 1.165) is 86.3 Å². The molecule has 4 heterocycles. The molecule has 4 saturated heterocycles. The standard InChI is InChI=1S/C33H47N3O7S.C25H30O6S.C24H30O7S/c1-21-8-11-23(30-28(39)27(38)29(40)31(43-30)44-5)20-24(21)19-22-9-12-25(13-10-22)42-18-6-7-26(37)34-33(2,3)32(41)36-16-14-35(4)15-17-36;1-14-6-9-19(13-20(14)12-18-7-10-21(28)11-8-18)22-15(2)23(29-16(3)26)24(30-17(4)27)25(31-22)32-5;1-14-5-8-16(23-21(28)20(27)22(29)24(31-23)32-2)13-17(14)12-15-6-9-18(10-7-15)30-11-3-4-19(25)26/h8-13,20,27-31,38-40H,6-7,14-19H2,1-5H3,(H,34,37);6-11,13,15,22-25,28H,12H2,1-5H3;5-10,13,20-24,27-29H,3-4,11-12H2,1-2H3,(H,25,26)/t27-,28-,29+,30+,31-;15-,22+,23+,24-,25+;20-,21-,22+,23+,24-/m101/s1. The first-order chi connectivity index (χ1) is 51.4. The van der Waals surface area contributed by atoms with Crippen LogP contribution in [0.15, 0.2) is 127 Å². The Hall–Kier alpha value is -7.28. The molecular weight excluding hydrogens is 1440 g/mol. The first-order valence-corrected chi connectivity index (χ1v) is 40.2. The van der Waals surface area contributed by atoms with Crippen molar-refractivity contribution in [2.45, 2.75) is 189 Å². The number of benzene rings is 6. The van der Waals surface area contributed by atoms with E-state index in [1.54, 1.807) is 38.5 Å². The van der Waals surface area contributed by atoms with Crippen molar-refractivity contribution in [3.63, 3.8) is 0 Å². The van der Waals surface area contributed by atoms with Gasteiger partial charge in [-0.3, -0.25) is 24.0 Å². The van der Waals surface area contributed by atoms with Crippen molar-refractivity contribution >= 4 is 65.0 Å². The van der Waals surface area contributed by atoms with Gasteiger partial charge in [0.05, 0.1) is 19.3 Å². The number of phenols is 1. The Kier molecular flexibility index (Phi) is 32.4. The Morgan fingerprint density at radius 3 is 1.29 bits per heavy atom. The van der Waals surface area contributed by atoms with Crippen LogP contribution >= 0.6 is 35.3 Å². The summed E-state index contributed by atoms with van der Waals surface area (Å²) >= 11 is 4.01. The number of hydrogen-bond donors (Lipinski definition) is 9. The molecule has 23 nitrogen and oxygen atoms in total. The van der Waals surface area contributed by atoms with Gasteiger partial charge in [-0.1, -0.05) is 97.9 Å². The van der Waals surface area contributed by atoms with Crippen molar-refractivity contribution in [1.29, 1.82) is 0 Å². The van der Waals surface area contributed by atoms with Gasteiger partial charge in [0, 0.05) is 58.8 Å². The number of ether oxygens (including phenoxy) is 7. The van der Waals surface area contributed by atoms with E-state index in [-0.39, 0.29) is 42.4 Å². The maximum atomic E-state index is 12.9. The number of aliphatic hydroxyl groups excluding tert-OH is 6. The number of amides is 2. The molecule has 10 rings (SSSR count). The minimum absolute atomic E-state index is 0.0556. The summed E-state index contributed by atoms with van der Waals surface area (Å²) in [6.07, 6.45) is -1.60. The van der Waals surface area contributed by atoms with E-state index in [4.69, 9.17) is 38.3 Å². The van der Waals surface area contributed by atoms with Gasteiger partial charge in [-0.2, -0.15) is 0 Å². The van der Waals surface area contributed by atoms with Crippen LogP contribution in [0.1, 0.15) is 145 Å². The van der Waals surface area contributed by atoms with E-state index in [9.17, 15) is 59.7 Å². The second-order valence-electron chi connectivity index (χ2n) is 28.5. The number of piperazine rings is 1. The number of phenolic OH excluding ortho intramolecular Hbond substituents is 1. The highest BCUT2D eigenvalue weighted by Crippen LogP contribution is 2.44. The normalized spacial score (nSPS) is 25.1. The molecule has 9 N–H and O–H groups in total. The summed E-state index contributed by atoms with van der Waals surface area (Å²) in [5.74, 6) is -0.499. The Morgan fingerprint density at radius 2 is 0.889 bits per heavy atom. The SMILES string of the molecule is CS[C@H]1O[C@@H](c2ccc(C)c(Cc3ccc(O)cc3)c2)[C@H](C)[C@@H](OC(C)=O)[C@@H]1OC(C)=O.CS[C@H]1O[C@@H](c2ccc(C)c(Cc3ccc(OCCCC(=O)NC(C)(C)C(=O)N4CCN(C)CC4)cc3)c2)[C@H](O)[C@@H](O)[C@@H]1O.CS[C@H]1O[C@@H](c2ccc(C)c(Cc3ccc(OCCCC(=O)O)cc3)c2)[C@H](O)[C@@H](O)[C@@H]1O. The highest BCUT2D eigenvalue weighted by atomic mass is 32.2. The molecule has 4 fully saturated rings. The third-order valence-corrected chi connectivity index (χ3v) is 22.3. The van der Waals surface area contributed by atoms with Crippen molar-refractivity contribution in [2.75, 3.05) is 65.2 Å². The molecule has 15 atom stereocenters. The van der Waals surface area contributed by atoms with E-state index in [0.29, 0.717) is 63.5 Å². The quantitative estimate of drug-likeness (QED) is 0.0180. The summed E-state index contributed by atoms with van der Waals surface area (Å²) in [5.41, 5.74) is 9.67. The van der Waals surface area contributed by atoms with Gasteiger partial charge in [-0.15, -0.1) is 35.3 Å². The molecule has 6 aromatic carbocycles. The molecule has 0 radical (unpaired) electrons. The molecular formula is C82H107N3O20S3. The van der Waals surface area contributed by atoms with Crippen LogP contribution in [0.2, 0.25) is 0 Å². The molecule has 0 unspecified atom stereocenters. The Bertz CT molecular complexity index is 3910. The van der Waals surface area contributed by atoms with Gasteiger partial charge in [0.2, 0.25) is 11.8 Å². The molecule has 2 amide bonds. The summed E-state index contributed by atoms with van der Waals surface area (Å²) in [6.45, 7) is 18.0. The number of carbonyl (C=O) groups is 5. The van der Waals surface area contributed by atoms with Crippen molar-refractivity contribution in [1.82, 2.24) is 15.1 Å². The van der Waals surface area contributed by atoms with E-state index in [1.807, 2.05) is 142 Å². The van der Waals surface area contributed by atoms with E-state index < -0.39 is 101 Å². The number of nitrogens with zero attached hydrogens (tertiary/aromatic N) is 2.